The summed E-state index contributed by atoms with van der Waals surface area (Å²) < 4.78 is 5.07. The van der Waals surface area contributed by atoms with Gasteiger partial charge in [-0.2, -0.15) is 4.98 Å². The van der Waals surface area contributed by atoms with Gasteiger partial charge in [0.05, 0.1) is 6.21 Å². The number of aromatic amines is 1. The summed E-state index contributed by atoms with van der Waals surface area (Å²) in [6, 6.07) is 1.77. The average molecular weight is 135 g/mol. The normalized spacial score (nSPS) is 10.4. The summed E-state index contributed by atoms with van der Waals surface area (Å²) in [5.41, 5.74) is 1.39. The van der Waals surface area contributed by atoms with Crippen LogP contribution >= 0.6 is 0 Å². The molecule has 2 heterocycles. The lowest BCUT2D eigenvalue weighted by Gasteiger charge is -1.73. The second-order valence-electron chi connectivity index (χ2n) is 1.89. The highest BCUT2D eigenvalue weighted by Gasteiger charge is 2.01. The number of nitrogens with zero attached hydrogens (tertiary/aromatic N) is 1. The molecule has 0 saturated carbocycles. The van der Waals surface area contributed by atoms with Gasteiger partial charge < -0.3 is 14.8 Å². The topological polar surface area (TPSA) is 65.7 Å². The van der Waals surface area contributed by atoms with Crippen molar-refractivity contribution >= 4 is 17.4 Å². The SMILES string of the molecule is N=Cc1nc2[nH]ccc2o1. The van der Waals surface area contributed by atoms with E-state index in [9.17, 15) is 0 Å². The van der Waals surface area contributed by atoms with Crippen molar-refractivity contribution in [3.05, 3.63) is 18.2 Å². The summed E-state index contributed by atoms with van der Waals surface area (Å²) in [7, 11) is 0. The van der Waals surface area contributed by atoms with Gasteiger partial charge in [0, 0.05) is 12.3 Å². The third-order valence-electron chi connectivity index (χ3n) is 1.25. The van der Waals surface area contributed by atoms with E-state index in [0.717, 1.165) is 6.21 Å². The second-order valence-corrected chi connectivity index (χ2v) is 1.89. The second kappa shape index (κ2) is 1.70. The number of fused-ring (bicyclic) bond motifs is 1. The van der Waals surface area contributed by atoms with Gasteiger partial charge in [0.1, 0.15) is 0 Å². The number of nitrogens with one attached hydrogen (secondary N) is 2. The maximum Gasteiger partial charge on any atom is 0.239 e. The first-order valence-electron chi connectivity index (χ1n) is 2.84. The van der Waals surface area contributed by atoms with E-state index in [0.29, 0.717) is 17.1 Å². The van der Waals surface area contributed by atoms with Gasteiger partial charge in [0.2, 0.25) is 5.89 Å². The molecule has 0 fully saturated rings. The lowest BCUT2D eigenvalue weighted by molar-refractivity contribution is 0.593. The van der Waals surface area contributed by atoms with E-state index in [4.69, 9.17) is 9.83 Å². The predicted molar refractivity (Wildman–Crippen MR) is 36.2 cm³/mol. The summed E-state index contributed by atoms with van der Waals surface area (Å²) in [5.74, 6) is 0.335. The van der Waals surface area contributed by atoms with Crippen LogP contribution in [0.1, 0.15) is 5.89 Å². The van der Waals surface area contributed by atoms with Crippen molar-refractivity contribution in [2.75, 3.05) is 0 Å². The van der Waals surface area contributed by atoms with Crippen LogP contribution in [0, 0.1) is 5.41 Å². The highest BCUT2D eigenvalue weighted by Crippen LogP contribution is 2.10. The summed E-state index contributed by atoms with van der Waals surface area (Å²) >= 11 is 0. The molecule has 0 saturated heterocycles. The Morgan fingerprint density at radius 3 is 3.30 bits per heavy atom. The third kappa shape index (κ3) is 0.556. The minimum atomic E-state index is 0.335. The van der Waals surface area contributed by atoms with Crippen molar-refractivity contribution in [2.24, 2.45) is 0 Å². The monoisotopic (exact) mass is 135 g/mol. The number of H-pyrrole nitrogens is 1. The van der Waals surface area contributed by atoms with Gasteiger partial charge >= 0.3 is 0 Å². The zero-order chi connectivity index (χ0) is 6.97. The Balaban J connectivity index is 2.78. The smallest absolute Gasteiger partial charge is 0.239 e. The number of rotatable bonds is 1. The number of hydrogen-bond acceptors (Lipinski definition) is 3. The molecule has 2 rings (SSSR count). The summed E-state index contributed by atoms with van der Waals surface area (Å²) in [6.45, 7) is 0. The fraction of sp³-hybridized carbons (Fsp3) is 0. The van der Waals surface area contributed by atoms with E-state index in [1.54, 1.807) is 12.3 Å². The molecule has 0 atom stereocenters. The molecule has 4 nitrogen and oxygen atoms in total. The highest BCUT2D eigenvalue weighted by atomic mass is 16.3. The first-order chi connectivity index (χ1) is 4.90. The van der Waals surface area contributed by atoms with Crippen LogP contribution in [-0.4, -0.2) is 16.2 Å². The third-order valence-corrected chi connectivity index (χ3v) is 1.25. The molecule has 0 amide bonds. The van der Waals surface area contributed by atoms with E-state index < -0.39 is 0 Å². The van der Waals surface area contributed by atoms with Crippen LogP contribution in [0.15, 0.2) is 16.7 Å². The van der Waals surface area contributed by atoms with Crippen LogP contribution in [0.3, 0.4) is 0 Å². The van der Waals surface area contributed by atoms with Gasteiger partial charge in [-0.05, 0) is 0 Å². The van der Waals surface area contributed by atoms with E-state index in [1.807, 2.05) is 0 Å². The quantitative estimate of drug-likeness (QED) is 0.576. The van der Waals surface area contributed by atoms with E-state index in [1.165, 1.54) is 0 Å². The number of oxazole rings is 1. The molecule has 0 aliphatic rings. The largest absolute Gasteiger partial charge is 0.433 e. The molecule has 0 radical (unpaired) electrons. The Morgan fingerprint density at radius 1 is 1.70 bits per heavy atom. The standard InChI is InChI=1S/C6H5N3O/c7-3-5-9-6-4(10-5)1-2-8-6/h1-3,7-8H. The Labute approximate surface area is 56.4 Å². The van der Waals surface area contributed by atoms with E-state index in [2.05, 4.69) is 9.97 Å². The van der Waals surface area contributed by atoms with Crippen LogP contribution in [0.4, 0.5) is 0 Å². The molecule has 0 aliphatic heterocycles. The van der Waals surface area contributed by atoms with Crippen molar-refractivity contribution in [2.45, 2.75) is 0 Å². The van der Waals surface area contributed by atoms with Crippen LogP contribution in [0.25, 0.3) is 11.2 Å². The molecule has 0 aliphatic carbocycles. The van der Waals surface area contributed by atoms with Crippen molar-refractivity contribution in [1.29, 1.82) is 5.41 Å². The molecule has 0 spiro atoms. The fourth-order valence-corrected chi connectivity index (χ4v) is 0.823. The predicted octanol–water partition coefficient (Wildman–Crippen LogP) is 1.15. The van der Waals surface area contributed by atoms with Crippen LogP contribution in [0.2, 0.25) is 0 Å². The van der Waals surface area contributed by atoms with Gasteiger partial charge in [-0.1, -0.05) is 0 Å². The summed E-state index contributed by atoms with van der Waals surface area (Å²) in [6.07, 6.45) is 2.82. The molecule has 4 heteroatoms. The van der Waals surface area contributed by atoms with Gasteiger partial charge in [0.25, 0.3) is 0 Å². The Bertz CT molecular complexity index is 331. The Kier molecular flexibility index (Phi) is 0.887. The van der Waals surface area contributed by atoms with Crippen molar-refractivity contribution < 1.29 is 4.42 Å². The van der Waals surface area contributed by atoms with Crippen molar-refractivity contribution in [3.63, 3.8) is 0 Å². The van der Waals surface area contributed by atoms with Crippen LogP contribution in [0.5, 0.6) is 0 Å². The van der Waals surface area contributed by atoms with Crippen LogP contribution in [-0.2, 0) is 0 Å². The van der Waals surface area contributed by atoms with Gasteiger partial charge in [0.15, 0.2) is 11.2 Å². The minimum absolute atomic E-state index is 0.335. The molecule has 2 N–H and O–H groups in total. The lowest BCUT2D eigenvalue weighted by atomic mass is 10.6. The zero-order valence-electron chi connectivity index (χ0n) is 5.09. The van der Waals surface area contributed by atoms with Crippen molar-refractivity contribution in [3.8, 4) is 0 Å². The molecule has 50 valence electrons. The maximum absolute atomic E-state index is 6.82. The number of hydrogen-bond donors (Lipinski definition) is 2. The highest BCUT2D eigenvalue weighted by molar-refractivity contribution is 5.77. The molecule has 0 bridgehead atoms. The Hall–Kier alpha value is -1.58. The molecule has 0 unspecified atom stereocenters. The molecular formula is C6H5N3O. The number of aromatic nitrogens is 2. The minimum Gasteiger partial charge on any atom is -0.433 e. The van der Waals surface area contributed by atoms with Crippen molar-refractivity contribution in [1.82, 2.24) is 9.97 Å². The van der Waals surface area contributed by atoms with Gasteiger partial charge in [-0.15, -0.1) is 0 Å². The average Bonchev–Trinajstić information content (AvgIpc) is 2.42. The van der Waals surface area contributed by atoms with Crippen LogP contribution < -0.4 is 0 Å². The first kappa shape index (κ1) is 5.22. The lowest BCUT2D eigenvalue weighted by Crippen LogP contribution is -1.75. The molecular weight excluding hydrogens is 130 g/mol. The summed E-state index contributed by atoms with van der Waals surface area (Å²) in [5, 5.41) is 6.82. The fourth-order valence-electron chi connectivity index (χ4n) is 0.823. The molecule has 10 heavy (non-hydrogen) atoms. The summed E-state index contributed by atoms with van der Waals surface area (Å²) in [4.78, 5) is 6.79. The van der Waals surface area contributed by atoms with Gasteiger partial charge in [-0.3, -0.25) is 0 Å². The molecule has 0 aromatic carbocycles. The maximum atomic E-state index is 6.82. The molecule has 2 aromatic rings. The zero-order valence-corrected chi connectivity index (χ0v) is 5.09. The first-order valence-corrected chi connectivity index (χ1v) is 2.84. The molecule has 2 aromatic heterocycles. The Morgan fingerprint density at radius 2 is 2.60 bits per heavy atom. The van der Waals surface area contributed by atoms with E-state index in [-0.39, 0.29) is 0 Å². The van der Waals surface area contributed by atoms with Gasteiger partial charge in [-0.25, -0.2) is 0 Å². The van der Waals surface area contributed by atoms with E-state index >= 15 is 0 Å².